The van der Waals surface area contributed by atoms with Crippen molar-refractivity contribution in [2.75, 3.05) is 97.4 Å². The number of carbonyl (C=O) groups excluding carboxylic acids is 4. The predicted octanol–water partition coefficient (Wildman–Crippen LogP) is 4.67. The van der Waals surface area contributed by atoms with Crippen molar-refractivity contribution in [2.24, 2.45) is 5.41 Å². The number of thiazole rings is 1. The molecule has 21 nitrogen and oxygen atoms in total. The second kappa shape index (κ2) is 30.8. The molecular formula is C58H76N10O11S3. The third-order valence-electron chi connectivity index (χ3n) is 13.8. The molecule has 24 heteroatoms. The van der Waals surface area contributed by atoms with Crippen LogP contribution in [0.4, 0.5) is 5.69 Å². The SMILES string of the molecule is Cc1ncsc1-c1ccc([C@H](C)NC(=O)[C@@H]2C[C@@H](O)CN2C(=O)[C@@H](NC(=O)COCCOCCOCCOCCNC(=O)c2ccc(CN3CCN(S(=O)(=O)c4ccc(NC(=S)NCc5cccnc5)cc4)CC3)cc2)C(C)(C)C)cc1. The predicted molar refractivity (Wildman–Crippen MR) is 316 cm³/mol. The summed E-state index contributed by atoms with van der Waals surface area (Å²) in [7, 11) is -3.68. The number of piperazine rings is 1. The summed E-state index contributed by atoms with van der Waals surface area (Å²) >= 11 is 6.95. The first-order valence-corrected chi connectivity index (χ1v) is 30.1. The molecule has 0 saturated carbocycles. The van der Waals surface area contributed by atoms with Gasteiger partial charge in [0.1, 0.15) is 18.7 Å². The fourth-order valence-electron chi connectivity index (χ4n) is 9.25. The van der Waals surface area contributed by atoms with Crippen molar-refractivity contribution in [2.45, 2.75) is 83.3 Å². The Bertz CT molecular complexity index is 2980. The Labute approximate surface area is 489 Å². The first-order valence-electron chi connectivity index (χ1n) is 27.4. The second-order valence-corrected chi connectivity index (χ2v) is 24.3. The number of nitrogens with one attached hydrogen (secondary N) is 5. The zero-order valence-electron chi connectivity index (χ0n) is 47.1. The van der Waals surface area contributed by atoms with Crippen molar-refractivity contribution in [1.82, 2.24) is 45.3 Å². The van der Waals surface area contributed by atoms with Crippen LogP contribution in [-0.4, -0.2) is 177 Å². The summed E-state index contributed by atoms with van der Waals surface area (Å²) < 4.78 is 50.7. The van der Waals surface area contributed by atoms with E-state index in [9.17, 15) is 32.7 Å². The minimum Gasteiger partial charge on any atom is -0.391 e. The van der Waals surface area contributed by atoms with Crippen molar-refractivity contribution < 1.29 is 51.6 Å². The molecule has 0 radical (unpaired) electrons. The van der Waals surface area contributed by atoms with E-state index in [1.807, 2.05) is 88.7 Å². The maximum absolute atomic E-state index is 14.0. The number of hydrogen-bond acceptors (Lipinski definition) is 16. The number of amides is 4. The first kappa shape index (κ1) is 63.3. The zero-order chi connectivity index (χ0) is 58.7. The van der Waals surface area contributed by atoms with E-state index in [1.165, 1.54) is 9.21 Å². The molecular weight excluding hydrogens is 1110 g/mol. The molecule has 2 aliphatic rings. The lowest BCUT2D eigenvalue weighted by Gasteiger charge is -2.35. The van der Waals surface area contributed by atoms with Gasteiger partial charge in [-0.25, -0.2) is 13.4 Å². The Morgan fingerprint density at radius 3 is 2.10 bits per heavy atom. The van der Waals surface area contributed by atoms with Crippen LogP contribution >= 0.6 is 23.6 Å². The van der Waals surface area contributed by atoms with E-state index < -0.39 is 45.4 Å². The maximum Gasteiger partial charge on any atom is 0.251 e. The molecule has 4 heterocycles. The van der Waals surface area contributed by atoms with Crippen LogP contribution in [0.3, 0.4) is 0 Å². The summed E-state index contributed by atoms with van der Waals surface area (Å²) in [6, 6.07) is 23.3. The molecule has 2 aliphatic heterocycles. The topological polar surface area (TPSA) is 255 Å². The van der Waals surface area contributed by atoms with E-state index in [1.54, 1.807) is 60.1 Å². The molecule has 4 atom stereocenters. The lowest BCUT2D eigenvalue weighted by atomic mass is 9.85. The molecule has 2 saturated heterocycles. The van der Waals surface area contributed by atoms with Crippen LogP contribution in [0.2, 0.25) is 0 Å². The molecule has 82 heavy (non-hydrogen) atoms. The van der Waals surface area contributed by atoms with E-state index in [4.69, 9.17) is 31.2 Å². The Balaban J connectivity index is 0.693. The Kier molecular flexibility index (Phi) is 23.8. The summed E-state index contributed by atoms with van der Waals surface area (Å²) in [6.45, 7) is 14.1. The number of thiocarbonyl (C=S) groups is 1. The third kappa shape index (κ3) is 18.9. The van der Waals surface area contributed by atoms with Gasteiger partial charge in [0.25, 0.3) is 5.91 Å². The first-order chi connectivity index (χ1) is 39.3. The quantitative estimate of drug-likeness (QED) is 0.0294. The summed E-state index contributed by atoms with van der Waals surface area (Å²) in [5.41, 5.74) is 7.16. The average Bonchev–Trinajstić information content (AvgIpc) is 4.17. The molecule has 0 spiro atoms. The van der Waals surface area contributed by atoms with E-state index in [2.05, 4.69) is 41.5 Å². The van der Waals surface area contributed by atoms with Crippen LogP contribution in [-0.2, 0) is 56.4 Å². The number of anilines is 1. The van der Waals surface area contributed by atoms with Crippen LogP contribution in [0.25, 0.3) is 10.4 Å². The molecule has 7 rings (SSSR count). The largest absolute Gasteiger partial charge is 0.391 e. The molecule has 5 aromatic rings. The molecule has 0 bridgehead atoms. The molecule has 2 fully saturated rings. The number of β-amino-alcohol motifs (C(OH)–C–C–N with tert-alkyl or cyclic N) is 1. The van der Waals surface area contributed by atoms with Crippen molar-refractivity contribution in [3.63, 3.8) is 0 Å². The molecule has 0 unspecified atom stereocenters. The Morgan fingerprint density at radius 1 is 0.817 bits per heavy atom. The van der Waals surface area contributed by atoms with Crippen molar-refractivity contribution in [3.05, 3.63) is 131 Å². The number of ether oxygens (including phenoxy) is 4. The second-order valence-electron chi connectivity index (χ2n) is 21.1. The monoisotopic (exact) mass is 1180 g/mol. The van der Waals surface area contributed by atoms with Crippen molar-refractivity contribution >= 4 is 68.0 Å². The third-order valence-corrected chi connectivity index (χ3v) is 17.0. The van der Waals surface area contributed by atoms with E-state index in [0.717, 1.165) is 32.8 Å². The number of pyridine rings is 1. The van der Waals surface area contributed by atoms with E-state index in [-0.39, 0.29) is 55.5 Å². The molecule has 6 N–H and O–H groups in total. The number of benzene rings is 3. The number of nitrogens with zero attached hydrogens (tertiary/aromatic N) is 5. The number of aliphatic hydroxyl groups is 1. The summed E-state index contributed by atoms with van der Waals surface area (Å²) in [6.07, 6.45) is 2.64. The number of sulfonamides is 1. The minimum absolute atomic E-state index is 0.0359. The van der Waals surface area contributed by atoms with E-state index >= 15 is 0 Å². The molecule has 3 aromatic carbocycles. The highest BCUT2D eigenvalue weighted by atomic mass is 32.2. The highest BCUT2D eigenvalue weighted by molar-refractivity contribution is 7.89. The number of aryl methyl sites for hydroxylation is 1. The van der Waals surface area contributed by atoms with Gasteiger partial charge in [-0.3, -0.25) is 29.1 Å². The number of likely N-dealkylation sites (tertiary alicyclic amines) is 1. The normalized spacial score (nSPS) is 16.7. The van der Waals surface area contributed by atoms with Gasteiger partial charge in [-0.2, -0.15) is 4.31 Å². The number of aromatic nitrogens is 2. The Morgan fingerprint density at radius 2 is 1.48 bits per heavy atom. The van der Waals surface area contributed by atoms with Gasteiger partial charge in [-0.15, -0.1) is 11.3 Å². The molecule has 2 aromatic heterocycles. The zero-order valence-corrected chi connectivity index (χ0v) is 49.6. The number of rotatable bonds is 28. The highest BCUT2D eigenvalue weighted by Crippen LogP contribution is 2.30. The van der Waals surface area contributed by atoms with Crippen LogP contribution in [0.15, 0.2) is 108 Å². The van der Waals surface area contributed by atoms with Crippen LogP contribution in [0.1, 0.15) is 72.9 Å². The number of carbonyl (C=O) groups is 4. The van der Waals surface area contributed by atoms with Gasteiger partial charge in [0.05, 0.1) is 79.4 Å². The highest BCUT2D eigenvalue weighted by Gasteiger charge is 2.45. The van der Waals surface area contributed by atoms with Gasteiger partial charge in [-0.1, -0.05) is 63.2 Å². The summed E-state index contributed by atoms with van der Waals surface area (Å²) in [5, 5.41) is 25.9. The van der Waals surface area contributed by atoms with Gasteiger partial charge < -0.3 is 55.5 Å². The lowest BCUT2D eigenvalue weighted by Crippen LogP contribution is -2.58. The fourth-order valence-corrected chi connectivity index (χ4v) is 11.7. The minimum atomic E-state index is -3.68. The van der Waals surface area contributed by atoms with Crippen molar-refractivity contribution in [1.29, 1.82) is 0 Å². The van der Waals surface area contributed by atoms with Crippen LogP contribution in [0, 0.1) is 12.3 Å². The standard InChI is InChI=1S/C58H76N10O11S3/c1-40(44-12-14-45(15-13-44)52-41(2)62-39-81-52)63-55(72)50-33-48(69)37-68(50)56(73)53(58(3,4)5)65-51(70)38-79-32-31-78-30-29-77-28-27-76-26-21-60-54(71)46-10-8-42(9-11-46)36-66-22-24-67(25-23-66)82(74,75)49-18-16-47(17-19-49)64-57(80)61-35-43-7-6-20-59-34-43/h6-20,34,39-40,48,50,53,69H,21-33,35-38H2,1-5H3,(H,60,71)(H,63,72)(H,65,70)(H2,61,64,80)/t40-,48+,50-,53+/m0/s1. The lowest BCUT2D eigenvalue weighted by molar-refractivity contribution is -0.144. The summed E-state index contributed by atoms with van der Waals surface area (Å²) in [4.78, 5) is 66.8. The van der Waals surface area contributed by atoms with Gasteiger partial charge >= 0.3 is 0 Å². The van der Waals surface area contributed by atoms with Crippen LogP contribution < -0.4 is 26.6 Å². The van der Waals surface area contributed by atoms with Crippen LogP contribution in [0.5, 0.6) is 0 Å². The molecule has 0 aliphatic carbocycles. The van der Waals surface area contributed by atoms with E-state index in [0.29, 0.717) is 95.2 Å². The molecule has 442 valence electrons. The molecule has 4 amide bonds. The fraction of sp³-hybridized carbons (Fsp3) is 0.466. The average molecular weight is 1190 g/mol. The Hall–Kier alpha value is -6.32. The number of aliphatic hydroxyl groups excluding tert-OH is 1. The smallest absolute Gasteiger partial charge is 0.251 e. The number of hydrogen-bond donors (Lipinski definition) is 6. The van der Waals surface area contributed by atoms with Gasteiger partial charge in [0.2, 0.25) is 27.7 Å². The van der Waals surface area contributed by atoms with Gasteiger partial charge in [0, 0.05) is 82.4 Å². The summed E-state index contributed by atoms with van der Waals surface area (Å²) in [5.74, 6) is -1.57. The van der Waals surface area contributed by atoms with Crippen molar-refractivity contribution in [3.8, 4) is 10.4 Å². The van der Waals surface area contributed by atoms with Gasteiger partial charge in [0.15, 0.2) is 5.11 Å². The maximum atomic E-state index is 14.0. The van der Waals surface area contributed by atoms with Gasteiger partial charge in [-0.05, 0) is 96.2 Å².